The molecule has 0 aromatic heterocycles. The van der Waals surface area contributed by atoms with Gasteiger partial charge in [-0.1, -0.05) is 6.92 Å². The van der Waals surface area contributed by atoms with Crippen LogP contribution in [0, 0.1) is 0 Å². The Morgan fingerprint density at radius 2 is 2.17 bits per heavy atom. The van der Waals surface area contributed by atoms with Crippen LogP contribution in [0.1, 0.15) is 26.2 Å². The van der Waals surface area contributed by atoms with E-state index in [0.717, 1.165) is 19.3 Å². The summed E-state index contributed by atoms with van der Waals surface area (Å²) in [5, 5.41) is 0. The van der Waals surface area contributed by atoms with Gasteiger partial charge >= 0.3 is 12.3 Å². The van der Waals surface area contributed by atoms with E-state index in [1.807, 2.05) is 6.92 Å². The number of nitrogens with zero attached hydrogens (tertiary/aromatic N) is 1. The third kappa shape index (κ3) is 5.57. The molecule has 0 bridgehead atoms. The number of carbonyl (C=O) groups is 1. The van der Waals surface area contributed by atoms with Crippen LogP contribution in [-0.4, -0.2) is 49.6 Å². The number of amides is 1. The molecule has 0 aliphatic carbocycles. The molecule has 0 spiro atoms. The summed E-state index contributed by atoms with van der Waals surface area (Å²) in [6, 6.07) is 0. The molecule has 1 aliphatic rings. The van der Waals surface area contributed by atoms with Gasteiger partial charge < -0.3 is 14.4 Å². The van der Waals surface area contributed by atoms with Crippen LogP contribution in [0.4, 0.5) is 18.0 Å². The fourth-order valence-corrected chi connectivity index (χ4v) is 1.76. The zero-order valence-electron chi connectivity index (χ0n) is 10.3. The van der Waals surface area contributed by atoms with Crippen molar-refractivity contribution >= 4 is 6.09 Å². The van der Waals surface area contributed by atoms with Gasteiger partial charge in [0.2, 0.25) is 0 Å². The van der Waals surface area contributed by atoms with Crippen molar-refractivity contribution in [2.24, 2.45) is 0 Å². The minimum Gasteiger partial charge on any atom is -0.440 e. The quantitative estimate of drug-likeness (QED) is 0.787. The summed E-state index contributed by atoms with van der Waals surface area (Å²) in [4.78, 5) is 12.7. The lowest BCUT2D eigenvalue weighted by Gasteiger charge is -2.31. The number of likely N-dealkylation sites (tertiary alicyclic amines) is 1. The molecule has 1 fully saturated rings. The maximum absolute atomic E-state index is 11.9. The normalized spacial score (nSPS) is 20.9. The molecule has 1 saturated heterocycles. The van der Waals surface area contributed by atoms with Crippen LogP contribution < -0.4 is 0 Å². The average Bonchev–Trinajstić information content (AvgIpc) is 2.33. The molecule has 7 heteroatoms. The van der Waals surface area contributed by atoms with E-state index in [2.05, 4.69) is 4.74 Å². The van der Waals surface area contributed by atoms with E-state index in [1.54, 1.807) is 0 Å². The number of halogens is 3. The summed E-state index contributed by atoms with van der Waals surface area (Å²) < 4.78 is 45.4. The van der Waals surface area contributed by atoms with Crippen LogP contribution in [0.2, 0.25) is 0 Å². The topological polar surface area (TPSA) is 38.8 Å². The van der Waals surface area contributed by atoms with E-state index in [1.165, 1.54) is 4.90 Å². The second kappa shape index (κ2) is 6.82. The molecule has 0 aromatic carbocycles. The highest BCUT2D eigenvalue weighted by Crippen LogP contribution is 2.17. The van der Waals surface area contributed by atoms with Crippen molar-refractivity contribution in [1.82, 2.24) is 4.90 Å². The zero-order chi connectivity index (χ0) is 13.6. The first kappa shape index (κ1) is 15.1. The first-order valence-electron chi connectivity index (χ1n) is 6.02. The highest BCUT2D eigenvalue weighted by Gasteiger charge is 2.32. The zero-order valence-corrected chi connectivity index (χ0v) is 10.3. The summed E-state index contributed by atoms with van der Waals surface area (Å²) in [6.07, 6.45) is -3.09. The number of hydrogen-bond donors (Lipinski definition) is 0. The molecule has 106 valence electrons. The fraction of sp³-hybridized carbons (Fsp3) is 0.909. The van der Waals surface area contributed by atoms with Crippen molar-refractivity contribution in [3.8, 4) is 0 Å². The number of carbonyl (C=O) groups excluding carboxylic acids is 1. The predicted molar refractivity (Wildman–Crippen MR) is 58.2 cm³/mol. The SMILES string of the molecule is CCCOC1CCCN(C(=O)OCC(F)(F)F)C1. The second-order valence-corrected chi connectivity index (χ2v) is 4.25. The molecular weight excluding hydrogens is 251 g/mol. The van der Waals surface area contributed by atoms with Crippen LogP contribution >= 0.6 is 0 Å². The van der Waals surface area contributed by atoms with Crippen molar-refractivity contribution < 1.29 is 27.4 Å². The third-order valence-corrected chi connectivity index (χ3v) is 2.55. The van der Waals surface area contributed by atoms with Crippen LogP contribution in [-0.2, 0) is 9.47 Å². The van der Waals surface area contributed by atoms with E-state index >= 15 is 0 Å². The minimum absolute atomic E-state index is 0.0999. The summed E-state index contributed by atoms with van der Waals surface area (Å²) in [5.74, 6) is 0. The van der Waals surface area contributed by atoms with Gasteiger partial charge in [-0.05, 0) is 19.3 Å². The van der Waals surface area contributed by atoms with E-state index in [4.69, 9.17) is 4.74 Å². The van der Waals surface area contributed by atoms with E-state index < -0.39 is 18.9 Å². The van der Waals surface area contributed by atoms with Crippen LogP contribution in [0.3, 0.4) is 0 Å². The molecule has 1 rings (SSSR count). The van der Waals surface area contributed by atoms with Gasteiger partial charge in [-0.25, -0.2) is 4.79 Å². The van der Waals surface area contributed by atoms with Gasteiger partial charge in [0, 0.05) is 13.2 Å². The second-order valence-electron chi connectivity index (χ2n) is 4.25. The molecule has 0 aromatic rings. The van der Waals surface area contributed by atoms with Gasteiger partial charge in [-0.3, -0.25) is 0 Å². The van der Waals surface area contributed by atoms with Crippen LogP contribution in [0.5, 0.6) is 0 Å². The van der Waals surface area contributed by atoms with Gasteiger partial charge in [0.15, 0.2) is 6.61 Å². The highest BCUT2D eigenvalue weighted by atomic mass is 19.4. The maximum atomic E-state index is 11.9. The molecule has 0 radical (unpaired) electrons. The lowest BCUT2D eigenvalue weighted by Crippen LogP contribution is -2.44. The first-order chi connectivity index (χ1) is 8.42. The third-order valence-electron chi connectivity index (χ3n) is 2.55. The van der Waals surface area contributed by atoms with E-state index in [9.17, 15) is 18.0 Å². The summed E-state index contributed by atoms with van der Waals surface area (Å²) >= 11 is 0. The van der Waals surface area contributed by atoms with Crippen molar-refractivity contribution in [3.63, 3.8) is 0 Å². The molecule has 4 nitrogen and oxygen atoms in total. The molecule has 18 heavy (non-hydrogen) atoms. The largest absolute Gasteiger partial charge is 0.440 e. The molecular formula is C11H18F3NO3. The van der Waals surface area contributed by atoms with Gasteiger partial charge in [-0.2, -0.15) is 13.2 Å². The standard InChI is InChI=1S/C11H18F3NO3/c1-2-6-17-9-4-3-5-15(7-9)10(16)18-8-11(12,13)14/h9H,2-8H2,1H3. The molecule has 1 atom stereocenters. The molecule has 1 aliphatic heterocycles. The van der Waals surface area contributed by atoms with Crippen molar-refractivity contribution in [2.75, 3.05) is 26.3 Å². The number of alkyl halides is 3. The van der Waals surface area contributed by atoms with E-state index in [-0.39, 0.29) is 6.10 Å². The predicted octanol–water partition coefficient (Wildman–Crippen LogP) is 2.58. The van der Waals surface area contributed by atoms with Gasteiger partial charge in [0.05, 0.1) is 12.6 Å². The number of hydrogen-bond acceptors (Lipinski definition) is 3. The minimum atomic E-state index is -4.48. The molecule has 1 amide bonds. The Morgan fingerprint density at radius 3 is 2.78 bits per heavy atom. The Morgan fingerprint density at radius 1 is 1.44 bits per heavy atom. The summed E-state index contributed by atoms with van der Waals surface area (Å²) in [7, 11) is 0. The maximum Gasteiger partial charge on any atom is 0.422 e. The highest BCUT2D eigenvalue weighted by molar-refractivity contribution is 5.67. The first-order valence-corrected chi connectivity index (χ1v) is 6.02. The van der Waals surface area contributed by atoms with Gasteiger partial charge in [0.1, 0.15) is 0 Å². The Kier molecular flexibility index (Phi) is 5.71. The van der Waals surface area contributed by atoms with Crippen molar-refractivity contribution in [2.45, 2.75) is 38.5 Å². The Balaban J connectivity index is 2.34. The number of rotatable bonds is 4. The molecule has 0 saturated carbocycles. The lowest BCUT2D eigenvalue weighted by atomic mass is 10.1. The number of ether oxygens (including phenoxy) is 2. The van der Waals surface area contributed by atoms with Gasteiger partial charge in [0.25, 0.3) is 0 Å². The fourth-order valence-electron chi connectivity index (χ4n) is 1.76. The summed E-state index contributed by atoms with van der Waals surface area (Å²) in [6.45, 7) is 1.75. The Labute approximate surface area is 104 Å². The van der Waals surface area contributed by atoms with Crippen LogP contribution in [0.25, 0.3) is 0 Å². The molecule has 0 N–H and O–H groups in total. The van der Waals surface area contributed by atoms with Crippen molar-refractivity contribution in [3.05, 3.63) is 0 Å². The summed E-state index contributed by atoms with van der Waals surface area (Å²) in [5.41, 5.74) is 0. The van der Waals surface area contributed by atoms with Crippen molar-refractivity contribution in [1.29, 1.82) is 0 Å². The lowest BCUT2D eigenvalue weighted by molar-refractivity contribution is -0.163. The number of piperidine rings is 1. The monoisotopic (exact) mass is 269 g/mol. The molecule has 1 unspecified atom stereocenters. The Hall–Kier alpha value is -0.980. The smallest absolute Gasteiger partial charge is 0.422 e. The molecule has 1 heterocycles. The average molecular weight is 269 g/mol. The van der Waals surface area contributed by atoms with Crippen LogP contribution in [0.15, 0.2) is 0 Å². The Bertz CT molecular complexity index is 271. The van der Waals surface area contributed by atoms with Gasteiger partial charge in [-0.15, -0.1) is 0 Å². The van der Waals surface area contributed by atoms with E-state index in [0.29, 0.717) is 19.7 Å².